The second-order valence-corrected chi connectivity index (χ2v) is 2.97. The second kappa shape index (κ2) is 4.71. The maximum atomic E-state index is 11.2. The number of nitrogens with two attached hydrogens (primary N) is 1. The van der Waals surface area contributed by atoms with Crippen LogP contribution in [0.4, 0.5) is 0 Å². The largest absolute Gasteiger partial charge is 0.346 e. The molecule has 0 aliphatic heterocycles. The number of aromatic nitrogens is 2. The molecule has 0 saturated heterocycles. The van der Waals surface area contributed by atoms with Crippen molar-refractivity contribution in [3.05, 3.63) is 11.7 Å². The Kier molecular flexibility index (Phi) is 3.58. The lowest BCUT2D eigenvalue weighted by Gasteiger charge is -2.07. The molecular weight excluding hydrogens is 184 g/mol. The van der Waals surface area contributed by atoms with E-state index in [-0.39, 0.29) is 12.5 Å². The Morgan fingerprint density at radius 1 is 1.71 bits per heavy atom. The van der Waals surface area contributed by atoms with E-state index in [0.717, 1.165) is 0 Å². The van der Waals surface area contributed by atoms with Crippen LogP contribution >= 0.6 is 0 Å². The SMILES string of the molecule is CC[C@@H](N)C(=O)NCc1nc(C)no1. The molecule has 0 aromatic carbocycles. The first-order chi connectivity index (χ1) is 6.63. The average Bonchev–Trinajstić information content (AvgIpc) is 2.59. The zero-order valence-corrected chi connectivity index (χ0v) is 8.28. The number of hydrogen-bond acceptors (Lipinski definition) is 5. The maximum absolute atomic E-state index is 11.2. The topological polar surface area (TPSA) is 94.0 Å². The molecule has 0 saturated carbocycles. The molecule has 0 bridgehead atoms. The summed E-state index contributed by atoms with van der Waals surface area (Å²) in [6.45, 7) is 3.79. The number of nitrogens with zero attached hydrogens (tertiary/aromatic N) is 2. The average molecular weight is 198 g/mol. The van der Waals surface area contributed by atoms with Crippen molar-refractivity contribution in [3.63, 3.8) is 0 Å². The normalized spacial score (nSPS) is 12.5. The molecule has 0 aliphatic rings. The van der Waals surface area contributed by atoms with Crippen LogP contribution in [-0.4, -0.2) is 22.1 Å². The zero-order chi connectivity index (χ0) is 10.6. The zero-order valence-electron chi connectivity index (χ0n) is 8.28. The quantitative estimate of drug-likeness (QED) is 0.694. The van der Waals surface area contributed by atoms with Gasteiger partial charge in [0, 0.05) is 0 Å². The summed E-state index contributed by atoms with van der Waals surface area (Å²) in [5.74, 6) is 0.733. The molecule has 1 amide bonds. The van der Waals surface area contributed by atoms with Crippen LogP contribution in [0.25, 0.3) is 0 Å². The summed E-state index contributed by atoms with van der Waals surface area (Å²) in [4.78, 5) is 15.2. The molecule has 0 unspecified atom stereocenters. The van der Waals surface area contributed by atoms with E-state index in [1.807, 2.05) is 6.92 Å². The van der Waals surface area contributed by atoms with Crippen molar-refractivity contribution in [1.29, 1.82) is 0 Å². The molecule has 0 spiro atoms. The predicted molar refractivity (Wildman–Crippen MR) is 49.1 cm³/mol. The third-order valence-corrected chi connectivity index (χ3v) is 1.76. The van der Waals surface area contributed by atoms with Crippen molar-refractivity contribution < 1.29 is 9.32 Å². The molecule has 0 fully saturated rings. The van der Waals surface area contributed by atoms with Gasteiger partial charge in [-0.2, -0.15) is 4.98 Å². The number of hydrogen-bond donors (Lipinski definition) is 2. The van der Waals surface area contributed by atoms with Gasteiger partial charge in [-0.3, -0.25) is 4.79 Å². The highest BCUT2D eigenvalue weighted by Crippen LogP contribution is 1.95. The van der Waals surface area contributed by atoms with Gasteiger partial charge in [0.25, 0.3) is 0 Å². The molecular formula is C8H14N4O2. The van der Waals surface area contributed by atoms with Gasteiger partial charge in [0.2, 0.25) is 11.8 Å². The van der Waals surface area contributed by atoms with Crippen LogP contribution in [0.2, 0.25) is 0 Å². The van der Waals surface area contributed by atoms with Crippen molar-refractivity contribution in [3.8, 4) is 0 Å². The fourth-order valence-electron chi connectivity index (χ4n) is 0.891. The number of nitrogens with one attached hydrogen (secondary N) is 1. The highest BCUT2D eigenvalue weighted by molar-refractivity contribution is 5.81. The Morgan fingerprint density at radius 2 is 2.43 bits per heavy atom. The number of rotatable bonds is 4. The van der Waals surface area contributed by atoms with E-state index >= 15 is 0 Å². The van der Waals surface area contributed by atoms with Crippen molar-refractivity contribution in [2.45, 2.75) is 32.9 Å². The Labute approximate surface area is 81.9 Å². The molecule has 3 N–H and O–H groups in total. The number of aryl methyl sites for hydroxylation is 1. The summed E-state index contributed by atoms with van der Waals surface area (Å²) in [7, 11) is 0. The molecule has 1 atom stereocenters. The highest BCUT2D eigenvalue weighted by atomic mass is 16.5. The molecule has 14 heavy (non-hydrogen) atoms. The summed E-state index contributed by atoms with van der Waals surface area (Å²) < 4.78 is 4.81. The van der Waals surface area contributed by atoms with Crippen molar-refractivity contribution in [2.24, 2.45) is 5.73 Å². The van der Waals surface area contributed by atoms with Gasteiger partial charge < -0.3 is 15.6 Å². The van der Waals surface area contributed by atoms with Crippen LogP contribution in [0.1, 0.15) is 25.1 Å². The molecule has 78 valence electrons. The standard InChI is InChI=1S/C8H14N4O2/c1-3-6(9)8(13)10-4-7-11-5(2)12-14-7/h6H,3-4,9H2,1-2H3,(H,10,13)/t6-/m1/s1. The molecule has 6 heteroatoms. The van der Waals surface area contributed by atoms with E-state index in [9.17, 15) is 4.79 Å². The van der Waals surface area contributed by atoms with E-state index in [1.165, 1.54) is 0 Å². The van der Waals surface area contributed by atoms with E-state index < -0.39 is 6.04 Å². The van der Waals surface area contributed by atoms with Crippen LogP contribution in [0, 0.1) is 6.92 Å². The summed E-state index contributed by atoms with van der Waals surface area (Å²) in [6.07, 6.45) is 0.606. The molecule has 0 radical (unpaired) electrons. The monoisotopic (exact) mass is 198 g/mol. The minimum absolute atomic E-state index is 0.205. The molecule has 0 aliphatic carbocycles. The van der Waals surface area contributed by atoms with Crippen LogP contribution in [0.5, 0.6) is 0 Å². The highest BCUT2D eigenvalue weighted by Gasteiger charge is 2.11. The fraction of sp³-hybridized carbons (Fsp3) is 0.625. The second-order valence-electron chi connectivity index (χ2n) is 2.97. The minimum atomic E-state index is -0.473. The lowest BCUT2D eigenvalue weighted by atomic mass is 10.2. The van der Waals surface area contributed by atoms with Gasteiger partial charge in [0.05, 0.1) is 12.6 Å². The molecule has 6 nitrogen and oxygen atoms in total. The van der Waals surface area contributed by atoms with Gasteiger partial charge in [-0.25, -0.2) is 0 Å². The number of carbonyl (C=O) groups excluding carboxylic acids is 1. The van der Waals surface area contributed by atoms with E-state index in [2.05, 4.69) is 15.5 Å². The van der Waals surface area contributed by atoms with Gasteiger partial charge >= 0.3 is 0 Å². The van der Waals surface area contributed by atoms with Gasteiger partial charge in [0.1, 0.15) is 0 Å². The van der Waals surface area contributed by atoms with E-state index in [4.69, 9.17) is 10.3 Å². The van der Waals surface area contributed by atoms with Crippen LogP contribution in [0.3, 0.4) is 0 Å². The number of amides is 1. The Balaban J connectivity index is 2.37. The summed E-state index contributed by atoms with van der Waals surface area (Å²) in [5.41, 5.74) is 5.51. The third-order valence-electron chi connectivity index (χ3n) is 1.76. The number of carbonyl (C=O) groups is 1. The summed E-state index contributed by atoms with van der Waals surface area (Å²) in [6, 6.07) is -0.473. The minimum Gasteiger partial charge on any atom is -0.346 e. The molecule has 1 aromatic rings. The molecule has 1 rings (SSSR count). The summed E-state index contributed by atoms with van der Waals surface area (Å²) in [5, 5.41) is 6.19. The summed E-state index contributed by atoms with van der Waals surface area (Å²) >= 11 is 0. The molecule has 1 heterocycles. The van der Waals surface area contributed by atoms with Gasteiger partial charge in [-0.15, -0.1) is 0 Å². The predicted octanol–water partition coefficient (Wildman–Crippen LogP) is -0.268. The van der Waals surface area contributed by atoms with Crippen LogP contribution in [-0.2, 0) is 11.3 Å². The van der Waals surface area contributed by atoms with Gasteiger partial charge in [-0.05, 0) is 13.3 Å². The Bertz CT molecular complexity index is 310. The van der Waals surface area contributed by atoms with E-state index in [1.54, 1.807) is 6.92 Å². The Hall–Kier alpha value is -1.43. The third kappa shape index (κ3) is 2.81. The first kappa shape index (κ1) is 10.6. The van der Waals surface area contributed by atoms with Crippen molar-refractivity contribution >= 4 is 5.91 Å². The lowest BCUT2D eigenvalue weighted by Crippen LogP contribution is -2.39. The lowest BCUT2D eigenvalue weighted by molar-refractivity contribution is -0.122. The molecule has 1 aromatic heterocycles. The van der Waals surface area contributed by atoms with Crippen molar-refractivity contribution in [1.82, 2.24) is 15.5 Å². The fourth-order valence-corrected chi connectivity index (χ4v) is 0.891. The maximum Gasteiger partial charge on any atom is 0.246 e. The van der Waals surface area contributed by atoms with Crippen LogP contribution < -0.4 is 11.1 Å². The van der Waals surface area contributed by atoms with Crippen LogP contribution in [0.15, 0.2) is 4.52 Å². The van der Waals surface area contributed by atoms with Gasteiger partial charge in [0.15, 0.2) is 5.82 Å². The van der Waals surface area contributed by atoms with Gasteiger partial charge in [-0.1, -0.05) is 12.1 Å². The first-order valence-corrected chi connectivity index (χ1v) is 4.46. The Morgan fingerprint density at radius 3 is 2.93 bits per heavy atom. The smallest absolute Gasteiger partial charge is 0.246 e. The first-order valence-electron chi connectivity index (χ1n) is 4.46. The van der Waals surface area contributed by atoms with E-state index in [0.29, 0.717) is 18.1 Å². The van der Waals surface area contributed by atoms with Crippen molar-refractivity contribution in [2.75, 3.05) is 0 Å².